The van der Waals surface area contributed by atoms with Crippen molar-refractivity contribution in [2.75, 3.05) is 52.5 Å². The van der Waals surface area contributed by atoms with Crippen LogP contribution in [0.25, 0.3) is 11.5 Å². The molecule has 0 radical (unpaired) electrons. The van der Waals surface area contributed by atoms with E-state index in [4.69, 9.17) is 14.1 Å². The molecule has 2 saturated heterocycles. The molecule has 2 aliphatic heterocycles. The molecule has 7 nitrogen and oxygen atoms in total. The van der Waals surface area contributed by atoms with Crippen LogP contribution in [-0.2, 0) is 11.2 Å². The van der Waals surface area contributed by atoms with Crippen LogP contribution in [0.3, 0.4) is 0 Å². The van der Waals surface area contributed by atoms with Crippen LogP contribution < -0.4 is 5.32 Å². The fraction of sp³-hybridized carbons (Fsp3) is 0.545. The van der Waals surface area contributed by atoms with Crippen molar-refractivity contribution in [2.45, 2.75) is 25.8 Å². The minimum Gasteiger partial charge on any atom is -0.444 e. The summed E-state index contributed by atoms with van der Waals surface area (Å²) in [7, 11) is 0. The number of aromatic nitrogens is 1. The van der Waals surface area contributed by atoms with Gasteiger partial charge in [-0.1, -0.05) is 0 Å². The zero-order valence-corrected chi connectivity index (χ0v) is 20.3. The van der Waals surface area contributed by atoms with E-state index in [1.54, 1.807) is 18.4 Å². The monoisotopic (exact) mass is 543 g/mol. The van der Waals surface area contributed by atoms with E-state index in [1.165, 1.54) is 12.1 Å². The molecule has 170 valence electrons. The molecule has 1 N–H and O–H groups in total. The highest BCUT2D eigenvalue weighted by Crippen LogP contribution is 2.20. The van der Waals surface area contributed by atoms with Gasteiger partial charge in [0.2, 0.25) is 5.89 Å². The number of nitrogens with one attached hydrogen (secondary N) is 1. The molecule has 3 heterocycles. The summed E-state index contributed by atoms with van der Waals surface area (Å²) in [5, 5.41) is 3.42. The van der Waals surface area contributed by atoms with Crippen molar-refractivity contribution >= 4 is 29.9 Å². The highest BCUT2D eigenvalue weighted by atomic mass is 127. The van der Waals surface area contributed by atoms with Crippen LogP contribution in [0.1, 0.15) is 19.0 Å². The van der Waals surface area contributed by atoms with Crippen LogP contribution in [-0.4, -0.2) is 79.3 Å². The number of guanidine groups is 1. The van der Waals surface area contributed by atoms with Crippen molar-refractivity contribution in [2.24, 2.45) is 4.99 Å². The van der Waals surface area contributed by atoms with E-state index in [9.17, 15) is 4.39 Å². The number of oxazole rings is 1. The first-order valence-electron chi connectivity index (χ1n) is 10.8. The van der Waals surface area contributed by atoms with E-state index in [2.05, 4.69) is 27.0 Å². The van der Waals surface area contributed by atoms with Crippen LogP contribution in [0, 0.1) is 5.82 Å². The maximum Gasteiger partial charge on any atom is 0.226 e. The summed E-state index contributed by atoms with van der Waals surface area (Å²) >= 11 is 0. The van der Waals surface area contributed by atoms with Gasteiger partial charge in [-0.2, -0.15) is 0 Å². The molecule has 2 aromatic rings. The summed E-state index contributed by atoms with van der Waals surface area (Å²) in [5.41, 5.74) is 1.62. The molecule has 4 rings (SSSR count). The Morgan fingerprint density at radius 1 is 1.23 bits per heavy atom. The molecule has 2 fully saturated rings. The second kappa shape index (κ2) is 11.8. The fourth-order valence-corrected chi connectivity index (χ4v) is 4.02. The zero-order chi connectivity index (χ0) is 20.8. The van der Waals surface area contributed by atoms with E-state index >= 15 is 0 Å². The van der Waals surface area contributed by atoms with Gasteiger partial charge in [0.1, 0.15) is 12.1 Å². The van der Waals surface area contributed by atoms with Gasteiger partial charge in [-0.05, 0) is 37.6 Å². The first-order chi connectivity index (χ1) is 14.7. The molecule has 1 unspecified atom stereocenters. The van der Waals surface area contributed by atoms with Crippen LogP contribution >= 0.6 is 24.0 Å². The topological polar surface area (TPSA) is 66.1 Å². The van der Waals surface area contributed by atoms with Gasteiger partial charge in [-0.25, -0.2) is 9.37 Å². The maximum absolute atomic E-state index is 13.1. The molecule has 0 bridgehead atoms. The number of halogens is 2. The molecule has 2 aliphatic rings. The lowest BCUT2D eigenvalue weighted by molar-refractivity contribution is 0.0195. The maximum atomic E-state index is 13.1. The fourth-order valence-electron chi connectivity index (χ4n) is 4.02. The predicted octanol–water partition coefficient (Wildman–Crippen LogP) is 3.01. The second-order valence-corrected chi connectivity index (χ2v) is 7.67. The number of ether oxygens (including phenoxy) is 1. The van der Waals surface area contributed by atoms with E-state index in [-0.39, 0.29) is 29.8 Å². The van der Waals surface area contributed by atoms with Gasteiger partial charge in [0.05, 0.1) is 18.9 Å². The van der Waals surface area contributed by atoms with Crippen LogP contribution in [0.5, 0.6) is 0 Å². The molecule has 1 aromatic heterocycles. The van der Waals surface area contributed by atoms with E-state index < -0.39 is 0 Å². The van der Waals surface area contributed by atoms with Crippen molar-refractivity contribution in [1.29, 1.82) is 0 Å². The lowest BCUT2D eigenvalue weighted by Gasteiger charge is -2.32. The Morgan fingerprint density at radius 3 is 2.74 bits per heavy atom. The Bertz CT molecular complexity index is 839. The quantitative estimate of drug-likeness (QED) is 0.344. The minimum atomic E-state index is -0.270. The van der Waals surface area contributed by atoms with Crippen LogP contribution in [0.4, 0.5) is 4.39 Å². The van der Waals surface area contributed by atoms with Gasteiger partial charge in [-0.15, -0.1) is 24.0 Å². The standard InChI is InChI=1S/C22H30FN5O2.HI/c1-2-24-22(28-10-8-20(15-28)27-11-13-29-14-12-27)25-9-7-19-16-30-21(26-19)17-3-5-18(23)6-4-17;/h3-6,16,20H,2,7-15H2,1H3,(H,24,25);1H. The molecule has 0 aliphatic carbocycles. The predicted molar refractivity (Wildman–Crippen MR) is 129 cm³/mol. The van der Waals surface area contributed by atoms with Crippen molar-refractivity contribution < 1.29 is 13.5 Å². The highest BCUT2D eigenvalue weighted by Gasteiger charge is 2.30. The number of aliphatic imine (C=N–C) groups is 1. The van der Waals surface area contributed by atoms with Crippen molar-refractivity contribution in [3.05, 3.63) is 42.0 Å². The number of hydrogen-bond donors (Lipinski definition) is 1. The third kappa shape index (κ3) is 6.39. The van der Waals surface area contributed by atoms with Gasteiger partial charge in [0, 0.05) is 57.3 Å². The largest absolute Gasteiger partial charge is 0.444 e. The Kier molecular flexibility index (Phi) is 9.09. The molecule has 31 heavy (non-hydrogen) atoms. The average Bonchev–Trinajstić information content (AvgIpc) is 3.45. The minimum absolute atomic E-state index is 0. The summed E-state index contributed by atoms with van der Waals surface area (Å²) in [5.74, 6) is 1.21. The third-order valence-corrected chi connectivity index (χ3v) is 5.63. The highest BCUT2D eigenvalue weighted by molar-refractivity contribution is 14.0. The third-order valence-electron chi connectivity index (χ3n) is 5.63. The SMILES string of the molecule is CCNC(=NCCc1coc(-c2ccc(F)cc2)n1)N1CCC(N2CCOCC2)C1.I. The summed E-state index contributed by atoms with van der Waals surface area (Å²) in [4.78, 5) is 14.2. The number of rotatable bonds is 6. The number of morpholine rings is 1. The first-order valence-corrected chi connectivity index (χ1v) is 10.8. The Morgan fingerprint density at radius 2 is 2.00 bits per heavy atom. The smallest absolute Gasteiger partial charge is 0.226 e. The summed E-state index contributed by atoms with van der Waals surface area (Å²) in [6.07, 6.45) is 3.51. The number of benzene rings is 1. The Balaban J connectivity index is 0.00000272. The average molecular weight is 543 g/mol. The lowest BCUT2D eigenvalue weighted by atomic mass is 10.2. The Hall–Kier alpha value is -1.72. The van der Waals surface area contributed by atoms with Gasteiger partial charge in [0.25, 0.3) is 0 Å². The first kappa shape index (κ1) is 23.9. The van der Waals surface area contributed by atoms with Gasteiger partial charge in [-0.3, -0.25) is 9.89 Å². The summed E-state index contributed by atoms with van der Waals surface area (Å²) < 4.78 is 24.1. The van der Waals surface area contributed by atoms with E-state index in [0.717, 1.165) is 69.6 Å². The molecular formula is C22H31FIN5O2. The van der Waals surface area contributed by atoms with E-state index in [0.29, 0.717) is 24.9 Å². The van der Waals surface area contributed by atoms with Crippen LogP contribution in [0.15, 0.2) is 39.9 Å². The number of likely N-dealkylation sites (tertiary alicyclic amines) is 1. The van der Waals surface area contributed by atoms with Crippen molar-refractivity contribution in [3.8, 4) is 11.5 Å². The molecule has 0 amide bonds. The van der Waals surface area contributed by atoms with Gasteiger partial charge in [0.15, 0.2) is 5.96 Å². The lowest BCUT2D eigenvalue weighted by Crippen LogP contribution is -2.46. The molecule has 1 atom stereocenters. The molecule has 1 aromatic carbocycles. The Labute approximate surface area is 200 Å². The van der Waals surface area contributed by atoms with Crippen molar-refractivity contribution in [1.82, 2.24) is 20.1 Å². The molecule has 9 heteroatoms. The van der Waals surface area contributed by atoms with Crippen LogP contribution in [0.2, 0.25) is 0 Å². The number of nitrogens with zero attached hydrogens (tertiary/aromatic N) is 4. The molecule has 0 spiro atoms. The van der Waals surface area contributed by atoms with Gasteiger partial charge < -0.3 is 19.4 Å². The second-order valence-electron chi connectivity index (χ2n) is 7.67. The van der Waals surface area contributed by atoms with E-state index in [1.807, 2.05) is 0 Å². The van der Waals surface area contributed by atoms with Gasteiger partial charge >= 0.3 is 0 Å². The summed E-state index contributed by atoms with van der Waals surface area (Å²) in [6, 6.07) is 6.74. The molecule has 0 saturated carbocycles. The van der Waals surface area contributed by atoms with Crippen molar-refractivity contribution in [3.63, 3.8) is 0 Å². The normalized spacial score (nSPS) is 20.0. The molecular weight excluding hydrogens is 512 g/mol. The zero-order valence-electron chi connectivity index (χ0n) is 17.9. The summed E-state index contributed by atoms with van der Waals surface area (Å²) in [6.45, 7) is 9.31. The number of hydrogen-bond acceptors (Lipinski definition) is 5.